The summed E-state index contributed by atoms with van der Waals surface area (Å²) in [6.45, 7) is 7.54. The minimum atomic E-state index is -0.118. The highest BCUT2D eigenvalue weighted by atomic mass is 16.5. The van der Waals surface area contributed by atoms with Gasteiger partial charge in [0.1, 0.15) is 0 Å². The van der Waals surface area contributed by atoms with Gasteiger partial charge in [0.05, 0.1) is 24.9 Å². The molecule has 1 saturated heterocycles. The normalized spacial score (nSPS) is 18.0. The van der Waals surface area contributed by atoms with Crippen LogP contribution in [0.2, 0.25) is 0 Å². The molecule has 1 aromatic carbocycles. The maximum Gasteiger partial charge on any atom is 0.322 e. The monoisotopic (exact) mass is 314 g/mol. The van der Waals surface area contributed by atoms with E-state index < -0.39 is 0 Å². The van der Waals surface area contributed by atoms with Crippen molar-refractivity contribution in [2.45, 2.75) is 26.8 Å². The first kappa shape index (κ1) is 15.6. The Hall–Kier alpha value is -2.34. The molecule has 2 heterocycles. The number of hydrogen-bond donors (Lipinski definition) is 2. The Balaban J connectivity index is 1.81. The van der Waals surface area contributed by atoms with E-state index in [-0.39, 0.29) is 12.1 Å². The van der Waals surface area contributed by atoms with Gasteiger partial charge in [0, 0.05) is 23.5 Å². The third kappa shape index (κ3) is 3.22. The van der Waals surface area contributed by atoms with E-state index in [1.165, 1.54) is 0 Å². The molecule has 0 radical (unpaired) electrons. The summed E-state index contributed by atoms with van der Waals surface area (Å²) in [5, 5.41) is 10.2. The predicted octanol–water partition coefficient (Wildman–Crippen LogP) is 2.94. The second kappa shape index (κ2) is 6.42. The summed E-state index contributed by atoms with van der Waals surface area (Å²) >= 11 is 0. The number of benzene rings is 1. The maximum absolute atomic E-state index is 12.7. The number of aromatic amines is 1. The van der Waals surface area contributed by atoms with Gasteiger partial charge in [-0.25, -0.2) is 4.79 Å². The molecule has 0 bridgehead atoms. The van der Waals surface area contributed by atoms with Crippen LogP contribution in [0.25, 0.3) is 0 Å². The van der Waals surface area contributed by atoms with Gasteiger partial charge in [-0.05, 0) is 32.9 Å². The van der Waals surface area contributed by atoms with Crippen LogP contribution >= 0.6 is 0 Å². The Morgan fingerprint density at radius 1 is 1.30 bits per heavy atom. The Kier molecular flexibility index (Phi) is 4.34. The van der Waals surface area contributed by atoms with Gasteiger partial charge in [-0.15, -0.1) is 0 Å². The quantitative estimate of drug-likeness (QED) is 0.895. The van der Waals surface area contributed by atoms with E-state index in [0.29, 0.717) is 19.8 Å². The van der Waals surface area contributed by atoms with Gasteiger partial charge in [0.25, 0.3) is 0 Å². The van der Waals surface area contributed by atoms with E-state index in [1.807, 2.05) is 49.9 Å². The minimum Gasteiger partial charge on any atom is -0.377 e. The van der Waals surface area contributed by atoms with Crippen LogP contribution in [0, 0.1) is 20.8 Å². The lowest BCUT2D eigenvalue weighted by Crippen LogP contribution is -2.45. The molecule has 6 nitrogen and oxygen atoms in total. The predicted molar refractivity (Wildman–Crippen MR) is 88.5 cm³/mol. The SMILES string of the molecule is Cc1ccc(NC(=O)N2CCOC[C@@H]2c2c(C)n[nH]c2C)cc1. The zero-order chi connectivity index (χ0) is 16.4. The van der Waals surface area contributed by atoms with E-state index in [0.717, 1.165) is 28.2 Å². The summed E-state index contributed by atoms with van der Waals surface area (Å²) in [5.74, 6) is 0. The van der Waals surface area contributed by atoms with Crippen LogP contribution in [0.15, 0.2) is 24.3 Å². The number of morpholine rings is 1. The summed E-state index contributed by atoms with van der Waals surface area (Å²) in [6, 6.07) is 7.57. The van der Waals surface area contributed by atoms with Crippen LogP contribution in [-0.2, 0) is 4.74 Å². The first-order valence-corrected chi connectivity index (χ1v) is 7.80. The third-order valence-electron chi connectivity index (χ3n) is 4.21. The molecule has 2 N–H and O–H groups in total. The van der Waals surface area contributed by atoms with Crippen LogP contribution in [0.3, 0.4) is 0 Å². The zero-order valence-corrected chi connectivity index (χ0v) is 13.7. The van der Waals surface area contributed by atoms with Crippen LogP contribution in [0.5, 0.6) is 0 Å². The van der Waals surface area contributed by atoms with Crippen LogP contribution in [0.4, 0.5) is 10.5 Å². The largest absolute Gasteiger partial charge is 0.377 e. The van der Waals surface area contributed by atoms with Crippen molar-refractivity contribution in [1.29, 1.82) is 0 Å². The fourth-order valence-corrected chi connectivity index (χ4v) is 2.97. The first-order chi connectivity index (χ1) is 11.1. The lowest BCUT2D eigenvalue weighted by atomic mass is 10.0. The van der Waals surface area contributed by atoms with E-state index in [4.69, 9.17) is 4.74 Å². The number of hydrogen-bond acceptors (Lipinski definition) is 3. The van der Waals surface area contributed by atoms with Crippen LogP contribution < -0.4 is 5.32 Å². The van der Waals surface area contributed by atoms with Crippen molar-refractivity contribution in [3.63, 3.8) is 0 Å². The third-order valence-corrected chi connectivity index (χ3v) is 4.21. The fourth-order valence-electron chi connectivity index (χ4n) is 2.97. The highest BCUT2D eigenvalue weighted by molar-refractivity contribution is 5.89. The zero-order valence-electron chi connectivity index (χ0n) is 13.7. The number of ether oxygens (including phenoxy) is 1. The lowest BCUT2D eigenvalue weighted by molar-refractivity contribution is 0.0143. The number of nitrogens with one attached hydrogen (secondary N) is 2. The smallest absolute Gasteiger partial charge is 0.322 e. The van der Waals surface area contributed by atoms with Crippen LogP contribution in [-0.4, -0.2) is 40.9 Å². The maximum atomic E-state index is 12.7. The number of anilines is 1. The van der Waals surface area contributed by atoms with Crippen molar-refractivity contribution in [2.75, 3.05) is 25.1 Å². The average Bonchev–Trinajstić information content (AvgIpc) is 2.88. The van der Waals surface area contributed by atoms with Crippen molar-refractivity contribution in [3.05, 3.63) is 46.8 Å². The lowest BCUT2D eigenvalue weighted by Gasteiger charge is -2.35. The first-order valence-electron chi connectivity index (χ1n) is 7.80. The second-order valence-electron chi connectivity index (χ2n) is 5.93. The molecule has 2 amide bonds. The summed E-state index contributed by atoms with van der Waals surface area (Å²) < 4.78 is 5.60. The van der Waals surface area contributed by atoms with Gasteiger partial charge < -0.3 is 15.0 Å². The average molecular weight is 314 g/mol. The van der Waals surface area contributed by atoms with Gasteiger partial charge >= 0.3 is 6.03 Å². The number of H-pyrrole nitrogens is 1. The van der Waals surface area contributed by atoms with E-state index >= 15 is 0 Å². The molecule has 23 heavy (non-hydrogen) atoms. The number of aryl methyl sites for hydroxylation is 3. The summed E-state index contributed by atoms with van der Waals surface area (Å²) in [6.07, 6.45) is 0. The minimum absolute atomic E-state index is 0.109. The number of nitrogens with zero attached hydrogens (tertiary/aromatic N) is 2. The highest BCUT2D eigenvalue weighted by Gasteiger charge is 2.31. The molecule has 1 aliphatic heterocycles. The molecular weight excluding hydrogens is 292 g/mol. The number of aromatic nitrogens is 2. The standard InChI is InChI=1S/C17H22N4O2/c1-11-4-6-14(7-5-11)18-17(22)21-8-9-23-10-15(21)16-12(2)19-20-13(16)3/h4-7,15H,8-10H2,1-3H3,(H,18,22)(H,19,20)/t15-/m1/s1. The van der Waals surface area contributed by atoms with Gasteiger partial charge in [0.15, 0.2) is 0 Å². The van der Waals surface area contributed by atoms with Crippen molar-refractivity contribution in [2.24, 2.45) is 0 Å². The Morgan fingerprint density at radius 3 is 2.70 bits per heavy atom. The molecule has 1 aromatic heterocycles. The highest BCUT2D eigenvalue weighted by Crippen LogP contribution is 2.28. The van der Waals surface area contributed by atoms with E-state index in [9.17, 15) is 4.79 Å². The fraction of sp³-hybridized carbons (Fsp3) is 0.412. The van der Waals surface area contributed by atoms with Gasteiger partial charge in [-0.1, -0.05) is 17.7 Å². The molecule has 1 aliphatic rings. The molecule has 0 aliphatic carbocycles. The molecule has 1 fully saturated rings. The van der Waals surface area contributed by atoms with Crippen molar-refractivity contribution in [3.8, 4) is 0 Å². The van der Waals surface area contributed by atoms with Gasteiger partial charge in [-0.2, -0.15) is 5.10 Å². The molecule has 1 atom stereocenters. The molecular formula is C17H22N4O2. The summed E-state index contributed by atoms with van der Waals surface area (Å²) in [7, 11) is 0. The number of carbonyl (C=O) groups is 1. The topological polar surface area (TPSA) is 70.2 Å². The molecule has 3 rings (SSSR count). The molecule has 0 unspecified atom stereocenters. The number of urea groups is 1. The molecule has 0 spiro atoms. The summed E-state index contributed by atoms with van der Waals surface area (Å²) in [5.41, 5.74) is 4.89. The van der Waals surface area contributed by atoms with Gasteiger partial charge in [0.2, 0.25) is 0 Å². The van der Waals surface area contributed by atoms with Gasteiger partial charge in [-0.3, -0.25) is 5.10 Å². The van der Waals surface area contributed by atoms with Crippen molar-refractivity contribution in [1.82, 2.24) is 15.1 Å². The van der Waals surface area contributed by atoms with E-state index in [1.54, 1.807) is 0 Å². The van der Waals surface area contributed by atoms with Crippen LogP contribution in [0.1, 0.15) is 28.6 Å². The molecule has 122 valence electrons. The molecule has 6 heteroatoms. The summed E-state index contributed by atoms with van der Waals surface area (Å²) in [4.78, 5) is 14.5. The number of rotatable bonds is 2. The second-order valence-corrected chi connectivity index (χ2v) is 5.93. The Labute approximate surface area is 135 Å². The Morgan fingerprint density at radius 2 is 2.04 bits per heavy atom. The van der Waals surface area contributed by atoms with Crippen molar-refractivity contribution >= 4 is 11.7 Å². The Bertz CT molecular complexity index is 674. The van der Waals surface area contributed by atoms with E-state index in [2.05, 4.69) is 15.5 Å². The number of carbonyl (C=O) groups excluding carboxylic acids is 1. The number of amides is 2. The molecule has 0 saturated carbocycles. The van der Waals surface area contributed by atoms with Crippen molar-refractivity contribution < 1.29 is 9.53 Å². The molecule has 2 aromatic rings.